The smallest absolute Gasteiger partial charge is 0.244 e. The van der Waals surface area contributed by atoms with Crippen molar-refractivity contribution in [3.8, 4) is 11.8 Å². The van der Waals surface area contributed by atoms with Crippen LogP contribution in [0.3, 0.4) is 0 Å². The van der Waals surface area contributed by atoms with Crippen molar-refractivity contribution in [1.82, 2.24) is 14.9 Å². The second-order valence-electron chi connectivity index (χ2n) is 5.16. The van der Waals surface area contributed by atoms with Crippen LogP contribution in [0.15, 0.2) is 6.33 Å². The van der Waals surface area contributed by atoms with E-state index in [1.54, 1.807) is 0 Å². The first kappa shape index (κ1) is 14.8. The van der Waals surface area contributed by atoms with Gasteiger partial charge in [-0.25, -0.2) is 0 Å². The Labute approximate surface area is 120 Å². The number of nitrogens with two attached hydrogens (primary N) is 1. The van der Waals surface area contributed by atoms with Crippen molar-refractivity contribution in [3.05, 3.63) is 6.33 Å². The van der Waals surface area contributed by atoms with Crippen molar-refractivity contribution in [2.45, 2.75) is 38.6 Å². The van der Waals surface area contributed by atoms with Gasteiger partial charge in [-0.1, -0.05) is 6.92 Å². The third-order valence-corrected chi connectivity index (χ3v) is 3.62. The van der Waals surface area contributed by atoms with Crippen LogP contribution in [0.2, 0.25) is 0 Å². The van der Waals surface area contributed by atoms with Crippen LogP contribution in [0.1, 0.15) is 32.6 Å². The van der Waals surface area contributed by atoms with Gasteiger partial charge >= 0.3 is 0 Å². The van der Waals surface area contributed by atoms with E-state index < -0.39 is 0 Å². The van der Waals surface area contributed by atoms with E-state index in [0.29, 0.717) is 36.7 Å². The van der Waals surface area contributed by atoms with Crippen LogP contribution in [-0.2, 0) is 0 Å². The van der Waals surface area contributed by atoms with Crippen LogP contribution in [0.4, 0.5) is 5.69 Å². The number of hydrogen-bond donors (Lipinski definition) is 1. The zero-order valence-corrected chi connectivity index (χ0v) is 12.3. The standard InChI is InChI=1S/C14H24N4O2/c1-3-8-19-13-12(15)14(17-10-16-13)20-9-6-11-5-4-7-18(11)2/h10-11H,3-9,15H2,1-2H3. The van der Waals surface area contributed by atoms with E-state index in [2.05, 4.69) is 21.9 Å². The Hall–Kier alpha value is -1.56. The van der Waals surface area contributed by atoms with Crippen LogP contribution in [0.25, 0.3) is 0 Å². The number of rotatable bonds is 7. The van der Waals surface area contributed by atoms with E-state index in [-0.39, 0.29) is 0 Å². The lowest BCUT2D eigenvalue weighted by atomic mass is 10.1. The number of aromatic nitrogens is 2. The van der Waals surface area contributed by atoms with E-state index in [1.165, 1.54) is 25.7 Å². The summed E-state index contributed by atoms with van der Waals surface area (Å²) in [7, 11) is 2.16. The highest BCUT2D eigenvalue weighted by atomic mass is 16.5. The fraction of sp³-hybridized carbons (Fsp3) is 0.714. The summed E-state index contributed by atoms with van der Waals surface area (Å²) >= 11 is 0. The molecule has 112 valence electrons. The molecule has 6 nitrogen and oxygen atoms in total. The van der Waals surface area contributed by atoms with Gasteiger partial charge in [0.05, 0.1) is 13.2 Å². The predicted octanol–water partition coefficient (Wildman–Crippen LogP) is 1.71. The molecule has 1 unspecified atom stereocenters. The second kappa shape index (κ2) is 7.28. The molecule has 2 heterocycles. The molecule has 1 aliphatic rings. The zero-order valence-electron chi connectivity index (χ0n) is 12.3. The molecular weight excluding hydrogens is 256 g/mol. The van der Waals surface area contributed by atoms with E-state index in [9.17, 15) is 0 Å². The van der Waals surface area contributed by atoms with Crippen molar-refractivity contribution < 1.29 is 9.47 Å². The molecule has 0 amide bonds. The summed E-state index contributed by atoms with van der Waals surface area (Å²) in [5.41, 5.74) is 6.35. The van der Waals surface area contributed by atoms with E-state index >= 15 is 0 Å². The zero-order chi connectivity index (χ0) is 14.4. The third-order valence-electron chi connectivity index (χ3n) is 3.62. The van der Waals surface area contributed by atoms with Crippen molar-refractivity contribution in [3.63, 3.8) is 0 Å². The monoisotopic (exact) mass is 280 g/mol. The van der Waals surface area contributed by atoms with Gasteiger partial charge in [0.15, 0.2) is 5.69 Å². The third kappa shape index (κ3) is 3.72. The molecule has 1 aliphatic heterocycles. The molecule has 0 aromatic carbocycles. The summed E-state index contributed by atoms with van der Waals surface area (Å²) in [5, 5.41) is 0. The van der Waals surface area contributed by atoms with Gasteiger partial charge in [0.25, 0.3) is 0 Å². The van der Waals surface area contributed by atoms with Gasteiger partial charge in [0, 0.05) is 6.04 Å². The van der Waals surface area contributed by atoms with Crippen molar-refractivity contribution in [2.24, 2.45) is 0 Å². The van der Waals surface area contributed by atoms with Gasteiger partial charge < -0.3 is 20.1 Å². The van der Waals surface area contributed by atoms with Gasteiger partial charge in [-0.15, -0.1) is 0 Å². The van der Waals surface area contributed by atoms with Crippen LogP contribution < -0.4 is 15.2 Å². The normalized spacial score (nSPS) is 19.2. The fourth-order valence-electron chi connectivity index (χ4n) is 2.43. The van der Waals surface area contributed by atoms with Crippen molar-refractivity contribution >= 4 is 5.69 Å². The number of nitrogen functional groups attached to an aromatic ring is 1. The van der Waals surface area contributed by atoms with Gasteiger partial charge in [-0.3, -0.25) is 0 Å². The topological polar surface area (TPSA) is 73.5 Å². The molecule has 1 saturated heterocycles. The first-order valence-electron chi connectivity index (χ1n) is 7.28. The molecule has 1 aromatic rings. The molecule has 1 atom stereocenters. The van der Waals surface area contributed by atoms with Gasteiger partial charge in [-0.05, 0) is 39.3 Å². The number of nitrogens with zero attached hydrogens (tertiary/aromatic N) is 3. The van der Waals surface area contributed by atoms with E-state index in [0.717, 1.165) is 12.8 Å². The maximum absolute atomic E-state index is 5.96. The minimum Gasteiger partial charge on any atom is -0.476 e. The SMILES string of the molecule is CCCOc1ncnc(OCCC2CCCN2C)c1N. The first-order valence-corrected chi connectivity index (χ1v) is 7.28. The Kier molecular flexibility index (Phi) is 5.40. The highest BCUT2D eigenvalue weighted by Gasteiger charge is 2.20. The molecule has 0 bridgehead atoms. The van der Waals surface area contributed by atoms with Crippen LogP contribution in [0, 0.1) is 0 Å². The molecule has 0 spiro atoms. The molecular formula is C14H24N4O2. The molecule has 2 rings (SSSR count). The van der Waals surface area contributed by atoms with Crippen molar-refractivity contribution in [1.29, 1.82) is 0 Å². The molecule has 0 aliphatic carbocycles. The number of likely N-dealkylation sites (tertiary alicyclic amines) is 1. The summed E-state index contributed by atoms with van der Waals surface area (Å²) in [6.07, 6.45) is 5.84. The van der Waals surface area contributed by atoms with E-state index in [1.807, 2.05) is 6.92 Å². The van der Waals surface area contributed by atoms with Gasteiger partial charge in [0.1, 0.15) is 6.33 Å². The van der Waals surface area contributed by atoms with Crippen molar-refractivity contribution in [2.75, 3.05) is 32.5 Å². The molecule has 1 aromatic heterocycles. The van der Waals surface area contributed by atoms with Crippen LogP contribution >= 0.6 is 0 Å². The second-order valence-corrected chi connectivity index (χ2v) is 5.16. The Morgan fingerprint density at radius 3 is 2.60 bits per heavy atom. The summed E-state index contributed by atoms with van der Waals surface area (Å²) < 4.78 is 11.1. The quantitative estimate of drug-likeness (QED) is 0.819. The number of anilines is 1. The Morgan fingerprint density at radius 1 is 1.30 bits per heavy atom. The summed E-state index contributed by atoms with van der Waals surface area (Å²) in [6.45, 7) is 4.42. The summed E-state index contributed by atoms with van der Waals surface area (Å²) in [4.78, 5) is 10.5. The maximum Gasteiger partial charge on any atom is 0.244 e. The average Bonchev–Trinajstić information content (AvgIpc) is 2.85. The summed E-state index contributed by atoms with van der Waals surface area (Å²) in [5.74, 6) is 0.835. The molecule has 20 heavy (non-hydrogen) atoms. The molecule has 6 heteroatoms. The Morgan fingerprint density at radius 2 is 2.00 bits per heavy atom. The molecule has 0 radical (unpaired) electrons. The predicted molar refractivity (Wildman–Crippen MR) is 78.0 cm³/mol. The minimum atomic E-state index is 0.390. The Balaban J connectivity index is 1.85. The summed E-state index contributed by atoms with van der Waals surface area (Å²) in [6, 6.07) is 0.605. The lowest BCUT2D eigenvalue weighted by molar-refractivity contribution is 0.227. The highest BCUT2D eigenvalue weighted by molar-refractivity contribution is 5.55. The first-order chi connectivity index (χ1) is 9.72. The number of ether oxygens (including phenoxy) is 2. The Bertz CT molecular complexity index is 428. The van der Waals surface area contributed by atoms with Crippen LogP contribution in [-0.4, -0.2) is 47.7 Å². The maximum atomic E-state index is 5.96. The molecule has 1 fully saturated rings. The fourth-order valence-corrected chi connectivity index (χ4v) is 2.43. The largest absolute Gasteiger partial charge is 0.476 e. The number of hydrogen-bond acceptors (Lipinski definition) is 6. The molecule has 0 saturated carbocycles. The lowest BCUT2D eigenvalue weighted by Crippen LogP contribution is -2.26. The van der Waals surface area contributed by atoms with Gasteiger partial charge in [-0.2, -0.15) is 9.97 Å². The van der Waals surface area contributed by atoms with E-state index in [4.69, 9.17) is 15.2 Å². The van der Waals surface area contributed by atoms with Gasteiger partial charge in [0.2, 0.25) is 11.8 Å². The van der Waals surface area contributed by atoms with Crippen LogP contribution in [0.5, 0.6) is 11.8 Å². The molecule has 2 N–H and O–H groups in total. The average molecular weight is 280 g/mol. The minimum absolute atomic E-state index is 0.390. The highest BCUT2D eigenvalue weighted by Crippen LogP contribution is 2.27. The lowest BCUT2D eigenvalue weighted by Gasteiger charge is -2.19.